The third kappa shape index (κ3) is 4.73. The molecular weight excluding hydrogens is 446 g/mol. The van der Waals surface area contributed by atoms with E-state index in [-0.39, 0.29) is 30.2 Å². The molecule has 2 aromatic rings. The van der Waals surface area contributed by atoms with Gasteiger partial charge in [-0.2, -0.15) is 0 Å². The van der Waals surface area contributed by atoms with Crippen molar-refractivity contribution in [2.24, 2.45) is 5.92 Å². The summed E-state index contributed by atoms with van der Waals surface area (Å²) in [6.07, 6.45) is 7.30. The summed E-state index contributed by atoms with van der Waals surface area (Å²) in [6, 6.07) is 5.78. The molecule has 0 saturated carbocycles. The lowest BCUT2D eigenvalue weighted by atomic mass is 10.1. The smallest absolute Gasteiger partial charge is 0.228 e. The Balaban J connectivity index is 1.23. The van der Waals surface area contributed by atoms with Crippen molar-refractivity contribution in [3.63, 3.8) is 0 Å². The Labute approximate surface area is 206 Å². The van der Waals surface area contributed by atoms with Crippen LogP contribution >= 0.6 is 0 Å². The van der Waals surface area contributed by atoms with Crippen LogP contribution in [0.4, 0.5) is 0 Å². The Kier molecular flexibility index (Phi) is 6.92. The SMILES string of the molecule is COc1ccc(CCN2CC(C(=O)N3CCCC3c3nnc4n3CCCCC4)CC2=O)cc1OC. The first kappa shape index (κ1) is 23.6. The number of aromatic nitrogens is 3. The lowest BCUT2D eigenvalue weighted by Gasteiger charge is -2.27. The van der Waals surface area contributed by atoms with Crippen LogP contribution in [-0.2, 0) is 29.0 Å². The Morgan fingerprint density at radius 3 is 2.74 bits per heavy atom. The number of hydrogen-bond donors (Lipinski definition) is 0. The van der Waals surface area contributed by atoms with Crippen LogP contribution in [0, 0.1) is 5.92 Å². The van der Waals surface area contributed by atoms with Crippen LogP contribution in [0.2, 0.25) is 0 Å². The maximum absolute atomic E-state index is 13.6. The lowest BCUT2D eigenvalue weighted by molar-refractivity contribution is -0.137. The van der Waals surface area contributed by atoms with Crippen molar-refractivity contribution in [2.45, 2.75) is 64.0 Å². The largest absolute Gasteiger partial charge is 0.493 e. The summed E-state index contributed by atoms with van der Waals surface area (Å²) in [5.41, 5.74) is 1.07. The van der Waals surface area contributed by atoms with E-state index >= 15 is 0 Å². The Hall–Kier alpha value is -3.10. The molecule has 2 saturated heterocycles. The number of carbonyl (C=O) groups is 2. The zero-order valence-electron chi connectivity index (χ0n) is 20.7. The number of aryl methyl sites for hydroxylation is 1. The van der Waals surface area contributed by atoms with Crippen molar-refractivity contribution < 1.29 is 19.1 Å². The molecule has 0 spiro atoms. The van der Waals surface area contributed by atoms with Crippen LogP contribution in [-0.4, -0.2) is 70.2 Å². The number of likely N-dealkylation sites (tertiary alicyclic amines) is 2. The van der Waals surface area contributed by atoms with Gasteiger partial charge < -0.3 is 23.8 Å². The van der Waals surface area contributed by atoms with Gasteiger partial charge in [-0.05, 0) is 49.8 Å². The topological polar surface area (TPSA) is 89.8 Å². The molecule has 0 aliphatic carbocycles. The van der Waals surface area contributed by atoms with Crippen LogP contribution in [0.1, 0.15) is 61.8 Å². The maximum atomic E-state index is 13.6. The number of ether oxygens (including phenoxy) is 2. The molecule has 1 aromatic heterocycles. The minimum Gasteiger partial charge on any atom is -0.493 e. The second-order valence-corrected chi connectivity index (χ2v) is 9.81. The van der Waals surface area contributed by atoms with Crippen molar-refractivity contribution in [3.05, 3.63) is 35.4 Å². The summed E-state index contributed by atoms with van der Waals surface area (Å²) in [4.78, 5) is 30.1. The number of methoxy groups -OCH3 is 2. The molecule has 2 amide bonds. The van der Waals surface area contributed by atoms with Gasteiger partial charge in [0.15, 0.2) is 17.3 Å². The van der Waals surface area contributed by atoms with Crippen molar-refractivity contribution in [1.29, 1.82) is 0 Å². The highest BCUT2D eigenvalue weighted by Crippen LogP contribution is 2.35. The summed E-state index contributed by atoms with van der Waals surface area (Å²) in [6.45, 7) is 2.72. The van der Waals surface area contributed by atoms with Crippen LogP contribution in [0.3, 0.4) is 0 Å². The molecular formula is C26H35N5O4. The molecule has 0 N–H and O–H groups in total. The van der Waals surface area contributed by atoms with Gasteiger partial charge in [-0.15, -0.1) is 10.2 Å². The van der Waals surface area contributed by atoms with Crippen molar-refractivity contribution in [1.82, 2.24) is 24.6 Å². The van der Waals surface area contributed by atoms with Gasteiger partial charge in [0.25, 0.3) is 0 Å². The zero-order chi connectivity index (χ0) is 24.4. The van der Waals surface area contributed by atoms with E-state index < -0.39 is 0 Å². The predicted octanol–water partition coefficient (Wildman–Crippen LogP) is 2.78. The minimum atomic E-state index is -0.292. The summed E-state index contributed by atoms with van der Waals surface area (Å²) >= 11 is 0. The third-order valence-corrected chi connectivity index (χ3v) is 7.65. The van der Waals surface area contributed by atoms with Crippen LogP contribution in [0.5, 0.6) is 11.5 Å². The monoisotopic (exact) mass is 481 g/mol. The number of amides is 2. The number of rotatable bonds is 7. The first-order valence-electron chi connectivity index (χ1n) is 12.8. The molecule has 1 aromatic carbocycles. The Morgan fingerprint density at radius 2 is 1.91 bits per heavy atom. The molecule has 0 radical (unpaired) electrons. The molecule has 9 heteroatoms. The van der Waals surface area contributed by atoms with E-state index in [0.717, 1.165) is 62.4 Å². The Bertz CT molecular complexity index is 1080. The molecule has 3 aliphatic heterocycles. The van der Waals surface area contributed by atoms with Gasteiger partial charge in [0.2, 0.25) is 11.8 Å². The molecule has 2 fully saturated rings. The summed E-state index contributed by atoms with van der Waals surface area (Å²) < 4.78 is 12.9. The normalized spacial score (nSPS) is 22.3. The number of hydrogen-bond acceptors (Lipinski definition) is 6. The van der Waals surface area contributed by atoms with E-state index in [0.29, 0.717) is 31.0 Å². The van der Waals surface area contributed by atoms with Gasteiger partial charge in [-0.1, -0.05) is 12.5 Å². The highest BCUT2D eigenvalue weighted by atomic mass is 16.5. The van der Waals surface area contributed by atoms with E-state index in [2.05, 4.69) is 14.8 Å². The van der Waals surface area contributed by atoms with Gasteiger partial charge in [-0.3, -0.25) is 9.59 Å². The Morgan fingerprint density at radius 1 is 1.06 bits per heavy atom. The molecule has 35 heavy (non-hydrogen) atoms. The standard InChI is InChI=1S/C26H35N5O4/c1-34-21-10-9-18(15-22(21)35-2)11-14-29-17-19(16-24(29)32)26(33)30-13-6-7-20(30)25-28-27-23-8-4-3-5-12-31(23)25/h9-10,15,19-20H,3-8,11-14,16-17H2,1-2H3. The second-order valence-electron chi connectivity index (χ2n) is 9.81. The highest BCUT2D eigenvalue weighted by molar-refractivity contribution is 5.89. The molecule has 5 rings (SSSR count). The molecule has 2 atom stereocenters. The van der Waals surface area contributed by atoms with Crippen LogP contribution in [0.25, 0.3) is 0 Å². The fourth-order valence-electron chi connectivity index (χ4n) is 5.74. The van der Waals surface area contributed by atoms with E-state index in [1.165, 1.54) is 6.42 Å². The van der Waals surface area contributed by atoms with Crippen LogP contribution < -0.4 is 9.47 Å². The number of nitrogens with zero attached hydrogens (tertiary/aromatic N) is 5. The van der Waals surface area contributed by atoms with Crippen LogP contribution in [0.15, 0.2) is 18.2 Å². The van der Waals surface area contributed by atoms with E-state index in [1.807, 2.05) is 28.0 Å². The third-order valence-electron chi connectivity index (χ3n) is 7.65. The average molecular weight is 482 g/mol. The van der Waals surface area contributed by atoms with E-state index in [4.69, 9.17) is 9.47 Å². The summed E-state index contributed by atoms with van der Waals surface area (Å²) in [5.74, 6) is 3.19. The molecule has 0 bridgehead atoms. The van der Waals surface area contributed by atoms with Gasteiger partial charge in [0.1, 0.15) is 5.82 Å². The molecule has 2 unspecified atom stereocenters. The van der Waals surface area contributed by atoms with E-state index in [9.17, 15) is 9.59 Å². The maximum Gasteiger partial charge on any atom is 0.228 e. The number of carbonyl (C=O) groups excluding carboxylic acids is 2. The molecule has 4 heterocycles. The highest BCUT2D eigenvalue weighted by Gasteiger charge is 2.41. The number of fused-ring (bicyclic) bond motifs is 1. The fourth-order valence-corrected chi connectivity index (χ4v) is 5.74. The number of benzene rings is 1. The quantitative estimate of drug-likeness (QED) is 0.604. The van der Waals surface area contributed by atoms with Gasteiger partial charge in [-0.25, -0.2) is 0 Å². The lowest BCUT2D eigenvalue weighted by Crippen LogP contribution is -2.38. The van der Waals surface area contributed by atoms with Gasteiger partial charge >= 0.3 is 0 Å². The predicted molar refractivity (Wildman–Crippen MR) is 129 cm³/mol. The molecule has 9 nitrogen and oxygen atoms in total. The summed E-state index contributed by atoms with van der Waals surface area (Å²) in [7, 11) is 3.23. The van der Waals surface area contributed by atoms with Gasteiger partial charge in [0.05, 0.1) is 26.2 Å². The van der Waals surface area contributed by atoms with E-state index in [1.54, 1.807) is 14.2 Å². The van der Waals surface area contributed by atoms with Crippen molar-refractivity contribution >= 4 is 11.8 Å². The first-order valence-corrected chi connectivity index (χ1v) is 12.8. The van der Waals surface area contributed by atoms with Gasteiger partial charge in [0, 0.05) is 39.0 Å². The fraction of sp³-hybridized carbons (Fsp3) is 0.615. The average Bonchev–Trinajstić information content (AvgIpc) is 3.56. The molecule has 188 valence electrons. The first-order chi connectivity index (χ1) is 17.1. The second kappa shape index (κ2) is 10.3. The van der Waals surface area contributed by atoms with Crippen molar-refractivity contribution in [2.75, 3.05) is 33.9 Å². The zero-order valence-corrected chi connectivity index (χ0v) is 20.7. The summed E-state index contributed by atoms with van der Waals surface area (Å²) in [5, 5.41) is 8.97. The van der Waals surface area contributed by atoms with Crippen molar-refractivity contribution in [3.8, 4) is 11.5 Å². The molecule has 3 aliphatic rings. The minimum absolute atomic E-state index is 0.0298.